The predicted octanol–water partition coefficient (Wildman–Crippen LogP) is 1.08. The number of hydrogen-bond donors (Lipinski definition) is 1. The zero-order valence-corrected chi connectivity index (χ0v) is 7.66. The molecule has 1 aromatic rings. The zero-order valence-electron chi connectivity index (χ0n) is 7.66. The fourth-order valence-electron chi connectivity index (χ4n) is 2.24. The normalized spacial score (nSPS) is 23.6. The molecule has 2 aliphatic rings. The Hall–Kier alpha value is -1.64. The Morgan fingerprint density at radius 3 is 3.07 bits per heavy atom. The molecule has 1 N–H and O–H groups in total. The first-order valence-corrected chi connectivity index (χ1v) is 4.79. The molecule has 1 aromatic carbocycles. The van der Waals surface area contributed by atoms with Crippen LogP contribution in [0.3, 0.4) is 0 Å². The lowest BCUT2D eigenvalue weighted by Gasteiger charge is -2.15. The molecule has 0 spiro atoms. The molecule has 3 nitrogen and oxygen atoms in total. The quantitative estimate of drug-likeness (QED) is 0.647. The van der Waals surface area contributed by atoms with Crippen LogP contribution in [-0.2, 0) is 11.2 Å². The van der Waals surface area contributed by atoms with E-state index in [1.807, 2.05) is 12.1 Å². The van der Waals surface area contributed by atoms with Gasteiger partial charge in [0.15, 0.2) is 0 Å². The highest BCUT2D eigenvalue weighted by Gasteiger charge is 2.32. The molecule has 0 saturated heterocycles. The van der Waals surface area contributed by atoms with Crippen molar-refractivity contribution in [3.63, 3.8) is 0 Å². The van der Waals surface area contributed by atoms with E-state index < -0.39 is 0 Å². The van der Waals surface area contributed by atoms with Crippen molar-refractivity contribution < 1.29 is 4.79 Å². The highest BCUT2D eigenvalue weighted by molar-refractivity contribution is 6.09. The second-order valence-electron chi connectivity index (χ2n) is 3.79. The molecule has 1 aliphatic heterocycles. The molecule has 1 amide bonds. The minimum Gasteiger partial charge on any atom is -0.273 e. The predicted molar refractivity (Wildman–Crippen MR) is 52.9 cm³/mol. The van der Waals surface area contributed by atoms with Gasteiger partial charge in [-0.25, -0.2) is 5.43 Å². The molecule has 0 bridgehead atoms. The fourth-order valence-corrected chi connectivity index (χ4v) is 2.24. The maximum Gasteiger partial charge on any atom is 0.240 e. The van der Waals surface area contributed by atoms with Crippen molar-refractivity contribution in [2.75, 3.05) is 0 Å². The first-order valence-electron chi connectivity index (χ1n) is 4.79. The number of rotatable bonds is 0. The molecule has 0 aromatic heterocycles. The summed E-state index contributed by atoms with van der Waals surface area (Å²) in [6.45, 7) is 0. The maximum atomic E-state index is 11.1. The van der Waals surface area contributed by atoms with Crippen LogP contribution in [0.5, 0.6) is 0 Å². The largest absolute Gasteiger partial charge is 0.273 e. The Labute approximate surface area is 81.8 Å². The Balaban J connectivity index is 2.10. The lowest BCUT2D eigenvalue weighted by molar-refractivity contribution is -0.121. The van der Waals surface area contributed by atoms with Gasteiger partial charge in [-0.2, -0.15) is 5.10 Å². The molecule has 0 saturated carbocycles. The van der Waals surface area contributed by atoms with E-state index in [1.165, 1.54) is 11.1 Å². The summed E-state index contributed by atoms with van der Waals surface area (Å²) in [6, 6.07) is 8.23. The second-order valence-corrected chi connectivity index (χ2v) is 3.79. The SMILES string of the molecule is O=C1CC2Cc3ccccc3C2=NN1. The summed E-state index contributed by atoms with van der Waals surface area (Å²) >= 11 is 0. The van der Waals surface area contributed by atoms with Crippen LogP contribution in [0.2, 0.25) is 0 Å². The third kappa shape index (κ3) is 0.985. The van der Waals surface area contributed by atoms with Gasteiger partial charge < -0.3 is 0 Å². The summed E-state index contributed by atoms with van der Waals surface area (Å²) in [7, 11) is 0. The molecule has 1 unspecified atom stereocenters. The molecule has 3 heteroatoms. The third-order valence-electron chi connectivity index (χ3n) is 2.88. The molecule has 14 heavy (non-hydrogen) atoms. The van der Waals surface area contributed by atoms with Crippen LogP contribution >= 0.6 is 0 Å². The van der Waals surface area contributed by atoms with E-state index in [9.17, 15) is 4.79 Å². The van der Waals surface area contributed by atoms with E-state index in [0.29, 0.717) is 12.3 Å². The van der Waals surface area contributed by atoms with Crippen LogP contribution in [-0.4, -0.2) is 11.6 Å². The average Bonchev–Trinajstić information content (AvgIpc) is 2.54. The molecule has 70 valence electrons. The van der Waals surface area contributed by atoms with Gasteiger partial charge >= 0.3 is 0 Å². The molecule has 1 heterocycles. The van der Waals surface area contributed by atoms with Gasteiger partial charge in [-0.15, -0.1) is 0 Å². The van der Waals surface area contributed by atoms with Crippen LogP contribution in [0.1, 0.15) is 17.5 Å². The van der Waals surface area contributed by atoms with Gasteiger partial charge in [-0.1, -0.05) is 24.3 Å². The number of carbonyl (C=O) groups excluding carboxylic acids is 1. The molecule has 3 rings (SSSR count). The van der Waals surface area contributed by atoms with Crippen LogP contribution in [0.4, 0.5) is 0 Å². The van der Waals surface area contributed by atoms with E-state index in [0.717, 1.165) is 12.1 Å². The number of hydrazone groups is 1. The number of benzene rings is 1. The summed E-state index contributed by atoms with van der Waals surface area (Å²) in [5, 5.41) is 4.13. The Bertz CT molecular complexity index is 437. The summed E-state index contributed by atoms with van der Waals surface area (Å²) in [6.07, 6.45) is 1.54. The maximum absolute atomic E-state index is 11.1. The molecule has 0 fully saturated rings. The van der Waals surface area contributed by atoms with Gasteiger partial charge in [0.1, 0.15) is 0 Å². The van der Waals surface area contributed by atoms with Gasteiger partial charge in [0, 0.05) is 17.9 Å². The molecule has 0 radical (unpaired) electrons. The third-order valence-corrected chi connectivity index (χ3v) is 2.88. The van der Waals surface area contributed by atoms with Gasteiger partial charge in [0.2, 0.25) is 5.91 Å². The molecular formula is C11H10N2O. The summed E-state index contributed by atoms with van der Waals surface area (Å²) in [5.41, 5.74) is 6.12. The first-order chi connectivity index (χ1) is 6.84. The van der Waals surface area contributed by atoms with Crippen molar-refractivity contribution in [2.45, 2.75) is 12.8 Å². The van der Waals surface area contributed by atoms with Crippen molar-refractivity contribution in [3.05, 3.63) is 35.4 Å². The van der Waals surface area contributed by atoms with Crippen molar-refractivity contribution >= 4 is 11.6 Å². The van der Waals surface area contributed by atoms with Crippen molar-refractivity contribution in [2.24, 2.45) is 11.0 Å². The summed E-state index contributed by atoms with van der Waals surface area (Å²) in [4.78, 5) is 11.1. The van der Waals surface area contributed by atoms with Crippen molar-refractivity contribution in [3.8, 4) is 0 Å². The van der Waals surface area contributed by atoms with Crippen LogP contribution in [0.25, 0.3) is 0 Å². The number of hydrogen-bond acceptors (Lipinski definition) is 2. The van der Waals surface area contributed by atoms with E-state index in [-0.39, 0.29) is 5.91 Å². The van der Waals surface area contributed by atoms with Crippen molar-refractivity contribution in [1.82, 2.24) is 5.43 Å². The minimum absolute atomic E-state index is 0.0338. The van der Waals surface area contributed by atoms with Crippen LogP contribution in [0.15, 0.2) is 29.4 Å². The number of fused-ring (bicyclic) bond motifs is 3. The lowest BCUT2D eigenvalue weighted by Crippen LogP contribution is -2.31. The van der Waals surface area contributed by atoms with E-state index in [2.05, 4.69) is 22.7 Å². The average molecular weight is 186 g/mol. The van der Waals surface area contributed by atoms with Gasteiger partial charge in [-0.3, -0.25) is 4.79 Å². The minimum atomic E-state index is 0.0338. The van der Waals surface area contributed by atoms with Gasteiger partial charge in [0.05, 0.1) is 5.71 Å². The van der Waals surface area contributed by atoms with E-state index in [1.54, 1.807) is 0 Å². The van der Waals surface area contributed by atoms with Crippen molar-refractivity contribution in [1.29, 1.82) is 0 Å². The smallest absolute Gasteiger partial charge is 0.240 e. The zero-order chi connectivity index (χ0) is 9.54. The van der Waals surface area contributed by atoms with Gasteiger partial charge in [-0.05, 0) is 12.0 Å². The highest BCUT2D eigenvalue weighted by Crippen LogP contribution is 2.30. The number of carbonyl (C=O) groups is 1. The molecule has 1 atom stereocenters. The number of nitrogens with one attached hydrogen (secondary N) is 1. The molecule has 1 aliphatic carbocycles. The molecular weight excluding hydrogens is 176 g/mol. The van der Waals surface area contributed by atoms with Gasteiger partial charge in [0.25, 0.3) is 0 Å². The standard InChI is InChI=1S/C11H10N2O/c14-10-6-8-5-7-3-1-2-4-9(7)11(8)13-12-10/h1-4,8H,5-6H2,(H,12,14). The summed E-state index contributed by atoms with van der Waals surface area (Å²) in [5.74, 6) is 0.340. The van der Waals surface area contributed by atoms with E-state index in [4.69, 9.17) is 0 Å². The van der Waals surface area contributed by atoms with Crippen LogP contribution < -0.4 is 5.43 Å². The lowest BCUT2D eigenvalue weighted by atomic mass is 9.99. The van der Waals surface area contributed by atoms with E-state index >= 15 is 0 Å². The fraction of sp³-hybridized carbons (Fsp3) is 0.273. The second kappa shape index (κ2) is 2.67. The number of amides is 1. The first kappa shape index (κ1) is 7.74. The Morgan fingerprint density at radius 1 is 1.29 bits per heavy atom. The monoisotopic (exact) mass is 186 g/mol. The summed E-state index contributed by atoms with van der Waals surface area (Å²) < 4.78 is 0. The Morgan fingerprint density at radius 2 is 2.14 bits per heavy atom. The number of nitrogens with zero attached hydrogens (tertiary/aromatic N) is 1. The highest BCUT2D eigenvalue weighted by atomic mass is 16.2. The topological polar surface area (TPSA) is 41.5 Å². The Kier molecular flexibility index (Phi) is 1.48. The van der Waals surface area contributed by atoms with Crippen LogP contribution in [0, 0.1) is 5.92 Å².